The van der Waals surface area contributed by atoms with Gasteiger partial charge < -0.3 is 9.47 Å². The first-order chi connectivity index (χ1) is 17.0. The molecule has 0 aliphatic heterocycles. The first-order valence-corrected chi connectivity index (χ1v) is 11.9. The zero-order valence-electron chi connectivity index (χ0n) is 21.5. The van der Waals surface area contributed by atoms with Crippen molar-refractivity contribution in [1.29, 1.82) is 0 Å². The maximum absolute atomic E-state index is 13.1. The Morgan fingerprint density at radius 2 is 1.59 bits per heavy atom. The Kier molecular flexibility index (Phi) is 8.07. The summed E-state index contributed by atoms with van der Waals surface area (Å²) in [6, 6.07) is 9.71. The molecule has 37 heavy (non-hydrogen) atoms. The van der Waals surface area contributed by atoms with Crippen LogP contribution in [0.5, 0.6) is 5.75 Å². The van der Waals surface area contributed by atoms with Gasteiger partial charge in [0.15, 0.2) is 0 Å². The summed E-state index contributed by atoms with van der Waals surface area (Å²) in [5, 5.41) is 2.88. The Morgan fingerprint density at radius 1 is 0.973 bits per heavy atom. The summed E-state index contributed by atoms with van der Waals surface area (Å²) in [5.41, 5.74) is 0.196. The second-order valence-electron chi connectivity index (χ2n) is 10.7. The molecule has 10 heteroatoms. The van der Waals surface area contributed by atoms with E-state index in [1.54, 1.807) is 39.0 Å². The van der Waals surface area contributed by atoms with E-state index in [0.29, 0.717) is 39.8 Å². The minimum atomic E-state index is -4.48. The molecule has 3 aromatic rings. The number of benzene rings is 2. The normalized spacial score (nSPS) is 12.3. The van der Waals surface area contributed by atoms with Gasteiger partial charge in [0, 0.05) is 17.3 Å². The molecular formula is C27H29ClF3N3O3. The van der Waals surface area contributed by atoms with Crippen LogP contribution >= 0.6 is 11.6 Å². The van der Waals surface area contributed by atoms with Crippen molar-refractivity contribution < 1.29 is 27.4 Å². The molecule has 6 nitrogen and oxygen atoms in total. The topological polar surface area (TPSA) is 73.3 Å². The summed E-state index contributed by atoms with van der Waals surface area (Å²) >= 11 is 6.34. The van der Waals surface area contributed by atoms with Gasteiger partial charge in [0.05, 0.1) is 22.9 Å². The molecule has 1 aromatic heterocycles. The molecule has 0 saturated carbocycles. The monoisotopic (exact) mass is 535 g/mol. The molecule has 0 atom stereocenters. The van der Waals surface area contributed by atoms with Crippen LogP contribution in [-0.2, 0) is 10.9 Å². The number of nitrogens with one attached hydrogen (secondary N) is 1. The number of halogens is 4. The average Bonchev–Trinajstić information content (AvgIpc) is 2.76. The van der Waals surface area contributed by atoms with Gasteiger partial charge in [-0.2, -0.15) is 13.2 Å². The summed E-state index contributed by atoms with van der Waals surface area (Å²) in [4.78, 5) is 20.9. The Labute approximate surface area is 219 Å². The molecule has 0 aliphatic rings. The highest BCUT2D eigenvalue weighted by molar-refractivity contribution is 6.32. The minimum absolute atomic E-state index is 0.0638. The Balaban J connectivity index is 2.07. The Hall–Kier alpha value is -3.33. The number of rotatable bonds is 5. The van der Waals surface area contributed by atoms with Gasteiger partial charge in [-0.3, -0.25) is 5.32 Å². The fraction of sp³-hybridized carbons (Fsp3) is 0.370. The van der Waals surface area contributed by atoms with E-state index >= 15 is 0 Å². The predicted molar refractivity (Wildman–Crippen MR) is 138 cm³/mol. The van der Waals surface area contributed by atoms with Crippen LogP contribution in [0.4, 0.5) is 23.9 Å². The maximum atomic E-state index is 13.1. The van der Waals surface area contributed by atoms with E-state index in [1.807, 2.05) is 20.8 Å². The van der Waals surface area contributed by atoms with Crippen LogP contribution in [0.2, 0.25) is 5.02 Å². The van der Waals surface area contributed by atoms with E-state index < -0.39 is 23.4 Å². The van der Waals surface area contributed by atoms with E-state index in [4.69, 9.17) is 21.1 Å². The van der Waals surface area contributed by atoms with Gasteiger partial charge in [-0.25, -0.2) is 14.8 Å². The summed E-state index contributed by atoms with van der Waals surface area (Å²) in [6.07, 6.45) is -3.77. The molecule has 1 N–H and O–H groups in total. The van der Waals surface area contributed by atoms with E-state index in [0.717, 1.165) is 12.1 Å². The third-order valence-electron chi connectivity index (χ3n) is 4.79. The third kappa shape index (κ3) is 8.08. The number of nitrogens with zero attached hydrogens (tertiary/aromatic N) is 2. The number of aromatic nitrogens is 2. The zero-order valence-corrected chi connectivity index (χ0v) is 22.2. The van der Waals surface area contributed by atoms with Crippen LogP contribution in [0, 0.1) is 5.41 Å². The van der Waals surface area contributed by atoms with Crippen molar-refractivity contribution in [2.24, 2.45) is 5.41 Å². The van der Waals surface area contributed by atoms with Crippen molar-refractivity contribution >= 4 is 23.6 Å². The van der Waals surface area contributed by atoms with Crippen molar-refractivity contribution in [3.8, 4) is 28.1 Å². The van der Waals surface area contributed by atoms with Crippen LogP contribution in [0.15, 0.2) is 48.7 Å². The van der Waals surface area contributed by atoms with Gasteiger partial charge in [-0.15, -0.1) is 0 Å². The Morgan fingerprint density at radius 3 is 2.16 bits per heavy atom. The summed E-state index contributed by atoms with van der Waals surface area (Å²) < 4.78 is 50.6. The van der Waals surface area contributed by atoms with Gasteiger partial charge in [-0.1, -0.05) is 50.6 Å². The minimum Gasteiger partial charge on any atom is -0.491 e. The molecule has 0 unspecified atom stereocenters. The number of alkyl halides is 3. The van der Waals surface area contributed by atoms with E-state index in [-0.39, 0.29) is 11.4 Å². The largest absolute Gasteiger partial charge is 0.491 e. The van der Waals surface area contributed by atoms with E-state index in [1.165, 1.54) is 18.3 Å². The quantitative estimate of drug-likeness (QED) is 0.356. The number of ether oxygens (including phenoxy) is 2. The third-order valence-corrected chi connectivity index (χ3v) is 5.10. The molecule has 1 amide bonds. The van der Waals surface area contributed by atoms with Crippen molar-refractivity contribution in [3.63, 3.8) is 0 Å². The van der Waals surface area contributed by atoms with E-state index in [9.17, 15) is 18.0 Å². The molecular weight excluding hydrogens is 507 g/mol. The fourth-order valence-corrected chi connectivity index (χ4v) is 3.33. The number of carbonyl (C=O) groups is 1. The van der Waals surface area contributed by atoms with Gasteiger partial charge >= 0.3 is 12.3 Å². The lowest BCUT2D eigenvalue weighted by molar-refractivity contribution is -0.137. The number of hydrogen-bond acceptors (Lipinski definition) is 5. The highest BCUT2D eigenvalue weighted by Gasteiger charge is 2.30. The molecule has 0 saturated heterocycles. The van der Waals surface area contributed by atoms with Crippen molar-refractivity contribution in [1.82, 2.24) is 9.97 Å². The van der Waals surface area contributed by atoms with Crippen LogP contribution < -0.4 is 10.1 Å². The van der Waals surface area contributed by atoms with E-state index in [2.05, 4.69) is 15.3 Å². The fourth-order valence-electron chi connectivity index (χ4n) is 3.16. The maximum Gasteiger partial charge on any atom is 0.416 e. The van der Waals surface area contributed by atoms with Gasteiger partial charge in [0.25, 0.3) is 0 Å². The molecule has 0 radical (unpaired) electrons. The average molecular weight is 536 g/mol. The SMILES string of the molecule is CC(C)(C)COc1cc(-c2cnc(NC(=O)OC(C)(C)C)nc2-c2ccc(C(F)(F)F)cc2)ccc1Cl. The zero-order chi connectivity index (χ0) is 27.6. The molecule has 2 aromatic carbocycles. The molecule has 0 aliphatic carbocycles. The van der Waals surface area contributed by atoms with Gasteiger partial charge in [0.1, 0.15) is 11.4 Å². The first-order valence-electron chi connectivity index (χ1n) is 11.5. The Bertz CT molecular complexity index is 1270. The predicted octanol–water partition coefficient (Wildman–Crippen LogP) is 8.25. The second-order valence-corrected chi connectivity index (χ2v) is 11.1. The number of carbonyl (C=O) groups excluding carboxylic acids is 1. The molecule has 198 valence electrons. The number of amides is 1. The standard InChI is InChI=1S/C27H29ClF3N3O3/c1-25(2,3)15-36-21-13-17(9-12-20(21)28)19-14-32-23(34-24(35)37-26(4,5)6)33-22(19)16-7-10-18(11-8-16)27(29,30)31/h7-14H,15H2,1-6H3,(H,32,33,34,35). The highest BCUT2D eigenvalue weighted by atomic mass is 35.5. The van der Waals surface area contributed by atoms with Crippen LogP contribution in [-0.4, -0.2) is 28.3 Å². The molecule has 3 rings (SSSR count). The second kappa shape index (κ2) is 10.6. The molecule has 0 bridgehead atoms. The van der Waals surface area contributed by atoms with Crippen molar-refractivity contribution in [2.45, 2.75) is 53.3 Å². The van der Waals surface area contributed by atoms with Crippen molar-refractivity contribution in [2.75, 3.05) is 11.9 Å². The summed E-state index contributed by atoms with van der Waals surface area (Å²) in [7, 11) is 0. The van der Waals surface area contributed by atoms with Crippen molar-refractivity contribution in [3.05, 3.63) is 59.2 Å². The van der Waals surface area contributed by atoms with Crippen LogP contribution in [0.1, 0.15) is 47.1 Å². The molecule has 0 fully saturated rings. The lowest BCUT2D eigenvalue weighted by atomic mass is 9.98. The van der Waals surface area contributed by atoms with Gasteiger partial charge in [-0.05, 0) is 56.0 Å². The van der Waals surface area contributed by atoms with Crippen LogP contribution in [0.25, 0.3) is 22.4 Å². The lowest BCUT2D eigenvalue weighted by Gasteiger charge is -2.20. The smallest absolute Gasteiger partial charge is 0.416 e. The molecule has 0 spiro atoms. The number of hydrogen-bond donors (Lipinski definition) is 1. The lowest BCUT2D eigenvalue weighted by Crippen LogP contribution is -2.27. The summed E-state index contributed by atoms with van der Waals surface area (Å²) in [5.74, 6) is 0.384. The summed E-state index contributed by atoms with van der Waals surface area (Å²) in [6.45, 7) is 11.6. The first kappa shape index (κ1) is 28.2. The van der Waals surface area contributed by atoms with Crippen LogP contribution in [0.3, 0.4) is 0 Å². The molecule has 1 heterocycles. The highest BCUT2D eigenvalue weighted by Crippen LogP contribution is 2.37. The van der Waals surface area contributed by atoms with Gasteiger partial charge in [0.2, 0.25) is 5.95 Å². The number of anilines is 1.